The lowest BCUT2D eigenvalue weighted by atomic mass is 10.2. The van der Waals surface area contributed by atoms with Gasteiger partial charge in [0.1, 0.15) is 4.90 Å². The highest BCUT2D eigenvalue weighted by Gasteiger charge is 2.29. The number of rotatable bonds is 5. The van der Waals surface area contributed by atoms with Crippen LogP contribution in [-0.2, 0) is 14.8 Å². The van der Waals surface area contributed by atoms with E-state index >= 15 is 0 Å². The summed E-state index contributed by atoms with van der Waals surface area (Å²) in [6.45, 7) is 2.27. The Morgan fingerprint density at radius 2 is 1.92 bits per heavy atom. The lowest BCUT2D eigenvalue weighted by Gasteiger charge is -2.33. The number of nitrogens with one attached hydrogen (secondary N) is 1. The zero-order valence-electron chi connectivity index (χ0n) is 13.7. The van der Waals surface area contributed by atoms with Crippen LogP contribution in [0.5, 0.6) is 0 Å². The number of amides is 1. The molecule has 132 valence electrons. The van der Waals surface area contributed by atoms with Crippen molar-refractivity contribution in [1.29, 1.82) is 0 Å². The first-order valence-electron chi connectivity index (χ1n) is 8.47. The molecule has 0 atom stereocenters. The van der Waals surface area contributed by atoms with Crippen LogP contribution in [0.1, 0.15) is 25.7 Å². The number of hydrogen-bond acceptors (Lipinski definition) is 5. The van der Waals surface area contributed by atoms with Crippen molar-refractivity contribution in [2.75, 3.05) is 32.7 Å². The molecule has 2 fully saturated rings. The molecule has 0 radical (unpaired) electrons. The van der Waals surface area contributed by atoms with Gasteiger partial charge in [0.25, 0.3) is 0 Å². The van der Waals surface area contributed by atoms with E-state index in [0.29, 0.717) is 38.8 Å². The van der Waals surface area contributed by atoms with Gasteiger partial charge in [-0.2, -0.15) is 4.31 Å². The smallest absolute Gasteiger partial charge is 0.244 e. The van der Waals surface area contributed by atoms with Gasteiger partial charge in [-0.05, 0) is 25.0 Å². The van der Waals surface area contributed by atoms with Crippen molar-refractivity contribution in [1.82, 2.24) is 19.5 Å². The molecule has 1 aliphatic heterocycles. The van der Waals surface area contributed by atoms with Crippen molar-refractivity contribution in [3.05, 3.63) is 24.5 Å². The third-order valence-corrected chi connectivity index (χ3v) is 6.57. The fraction of sp³-hybridized carbons (Fsp3) is 0.625. The molecule has 2 heterocycles. The first kappa shape index (κ1) is 17.3. The molecule has 0 unspecified atom stereocenters. The van der Waals surface area contributed by atoms with Gasteiger partial charge >= 0.3 is 0 Å². The van der Waals surface area contributed by atoms with Crippen LogP contribution in [0.3, 0.4) is 0 Å². The van der Waals surface area contributed by atoms with Gasteiger partial charge in [0.05, 0.1) is 6.54 Å². The minimum absolute atomic E-state index is 0.0467. The predicted octanol–water partition coefficient (Wildman–Crippen LogP) is 0.447. The maximum absolute atomic E-state index is 12.5. The summed E-state index contributed by atoms with van der Waals surface area (Å²) in [6.07, 6.45) is 7.45. The molecule has 1 aromatic heterocycles. The van der Waals surface area contributed by atoms with E-state index in [1.165, 1.54) is 23.3 Å². The van der Waals surface area contributed by atoms with E-state index in [1.54, 1.807) is 18.3 Å². The summed E-state index contributed by atoms with van der Waals surface area (Å²) in [4.78, 5) is 18.2. The van der Waals surface area contributed by atoms with Gasteiger partial charge in [0.15, 0.2) is 0 Å². The summed E-state index contributed by atoms with van der Waals surface area (Å²) in [5.74, 6) is 0.0467. The highest BCUT2D eigenvalue weighted by atomic mass is 32.2. The molecule has 1 saturated heterocycles. The molecule has 8 heteroatoms. The number of piperazine rings is 1. The van der Waals surface area contributed by atoms with Crippen LogP contribution < -0.4 is 5.32 Å². The molecule has 1 saturated carbocycles. The van der Waals surface area contributed by atoms with Gasteiger partial charge in [0, 0.05) is 44.6 Å². The molecule has 0 spiro atoms. The fourth-order valence-corrected chi connectivity index (χ4v) is 4.71. The molecule has 2 aliphatic rings. The Labute approximate surface area is 143 Å². The van der Waals surface area contributed by atoms with Crippen molar-refractivity contribution < 1.29 is 13.2 Å². The molecule has 24 heavy (non-hydrogen) atoms. The van der Waals surface area contributed by atoms with Crippen LogP contribution in [-0.4, -0.2) is 67.3 Å². The number of sulfonamides is 1. The van der Waals surface area contributed by atoms with Crippen LogP contribution in [0.25, 0.3) is 0 Å². The standard InChI is InChI=1S/C16H24N4O3S/c21-16(18-14-4-1-2-5-14)13-19-8-10-20(11-9-19)24(22,23)15-6-3-7-17-12-15/h3,6-7,12,14H,1-2,4-5,8-11,13H2,(H,18,21). The zero-order chi connectivity index (χ0) is 17.0. The summed E-state index contributed by atoms with van der Waals surface area (Å²) in [5, 5.41) is 3.07. The lowest BCUT2D eigenvalue weighted by molar-refractivity contribution is -0.123. The van der Waals surface area contributed by atoms with Gasteiger partial charge in [-0.3, -0.25) is 14.7 Å². The molecule has 3 rings (SSSR count). The van der Waals surface area contributed by atoms with Crippen molar-refractivity contribution in [3.63, 3.8) is 0 Å². The Hall–Kier alpha value is -1.51. The van der Waals surface area contributed by atoms with Gasteiger partial charge < -0.3 is 5.32 Å². The van der Waals surface area contributed by atoms with Crippen molar-refractivity contribution in [2.24, 2.45) is 0 Å². The maximum Gasteiger partial charge on any atom is 0.244 e. The Morgan fingerprint density at radius 3 is 2.54 bits per heavy atom. The zero-order valence-corrected chi connectivity index (χ0v) is 14.5. The Balaban J connectivity index is 1.49. The molecular weight excluding hydrogens is 328 g/mol. The van der Waals surface area contributed by atoms with Crippen LogP contribution in [0, 0.1) is 0 Å². The van der Waals surface area contributed by atoms with Crippen molar-refractivity contribution in [2.45, 2.75) is 36.6 Å². The number of carbonyl (C=O) groups excluding carboxylic acids is 1. The normalized spacial score (nSPS) is 21.0. The molecule has 7 nitrogen and oxygen atoms in total. The molecule has 1 aromatic rings. The summed E-state index contributed by atoms with van der Waals surface area (Å²) in [7, 11) is -3.49. The molecule has 1 amide bonds. The van der Waals surface area contributed by atoms with E-state index in [-0.39, 0.29) is 10.8 Å². The van der Waals surface area contributed by atoms with Crippen molar-refractivity contribution >= 4 is 15.9 Å². The van der Waals surface area contributed by atoms with Gasteiger partial charge in [0.2, 0.25) is 15.9 Å². The second kappa shape index (κ2) is 7.58. The third kappa shape index (κ3) is 4.12. The Kier molecular flexibility index (Phi) is 5.47. The molecule has 0 aromatic carbocycles. The minimum atomic E-state index is -3.49. The SMILES string of the molecule is O=C(CN1CCN(S(=O)(=O)c2cccnc2)CC1)NC1CCCC1. The Bertz CT molecular complexity index is 651. The second-order valence-electron chi connectivity index (χ2n) is 6.42. The van der Waals surface area contributed by atoms with E-state index < -0.39 is 10.0 Å². The Morgan fingerprint density at radius 1 is 1.21 bits per heavy atom. The summed E-state index contributed by atoms with van der Waals surface area (Å²) >= 11 is 0. The quantitative estimate of drug-likeness (QED) is 0.832. The first-order valence-corrected chi connectivity index (χ1v) is 9.91. The number of aromatic nitrogens is 1. The fourth-order valence-electron chi connectivity index (χ4n) is 3.32. The minimum Gasteiger partial charge on any atom is -0.352 e. The predicted molar refractivity (Wildman–Crippen MR) is 89.8 cm³/mol. The van der Waals surface area contributed by atoms with Gasteiger partial charge in [-0.25, -0.2) is 8.42 Å². The van der Waals surface area contributed by atoms with E-state index in [4.69, 9.17) is 0 Å². The van der Waals surface area contributed by atoms with Crippen LogP contribution in [0.4, 0.5) is 0 Å². The first-order chi connectivity index (χ1) is 11.6. The average Bonchev–Trinajstić information content (AvgIpc) is 3.09. The number of carbonyl (C=O) groups is 1. The van der Waals surface area contributed by atoms with Crippen LogP contribution in [0.15, 0.2) is 29.4 Å². The highest BCUT2D eigenvalue weighted by Crippen LogP contribution is 2.18. The molecule has 1 N–H and O–H groups in total. The maximum atomic E-state index is 12.5. The average molecular weight is 352 g/mol. The number of pyridine rings is 1. The third-order valence-electron chi connectivity index (χ3n) is 4.69. The molecular formula is C16H24N4O3S. The van der Waals surface area contributed by atoms with Gasteiger partial charge in [-0.1, -0.05) is 12.8 Å². The van der Waals surface area contributed by atoms with Crippen LogP contribution in [0.2, 0.25) is 0 Å². The van der Waals surface area contributed by atoms with Gasteiger partial charge in [-0.15, -0.1) is 0 Å². The van der Waals surface area contributed by atoms with E-state index in [2.05, 4.69) is 10.3 Å². The monoisotopic (exact) mass is 352 g/mol. The lowest BCUT2D eigenvalue weighted by Crippen LogP contribution is -2.51. The summed E-state index contributed by atoms with van der Waals surface area (Å²) in [5.41, 5.74) is 0. The van der Waals surface area contributed by atoms with Crippen LogP contribution >= 0.6 is 0 Å². The van der Waals surface area contributed by atoms with E-state index in [9.17, 15) is 13.2 Å². The largest absolute Gasteiger partial charge is 0.352 e. The molecule has 1 aliphatic carbocycles. The second-order valence-corrected chi connectivity index (χ2v) is 8.36. The number of hydrogen-bond donors (Lipinski definition) is 1. The summed E-state index contributed by atoms with van der Waals surface area (Å²) in [6, 6.07) is 3.50. The number of nitrogens with zero attached hydrogens (tertiary/aromatic N) is 3. The topological polar surface area (TPSA) is 82.6 Å². The summed E-state index contributed by atoms with van der Waals surface area (Å²) < 4.78 is 26.5. The van der Waals surface area contributed by atoms with E-state index in [1.807, 2.05) is 4.90 Å². The van der Waals surface area contributed by atoms with E-state index in [0.717, 1.165) is 12.8 Å². The molecule has 0 bridgehead atoms. The van der Waals surface area contributed by atoms with Crippen molar-refractivity contribution in [3.8, 4) is 0 Å². The highest BCUT2D eigenvalue weighted by molar-refractivity contribution is 7.89.